The van der Waals surface area contributed by atoms with Gasteiger partial charge in [-0.25, -0.2) is 20.0 Å². The summed E-state index contributed by atoms with van der Waals surface area (Å²) in [7, 11) is -3.76. The lowest BCUT2D eigenvalue weighted by atomic mass is 10.1. The molecular formula is C24H35N6O5P. The lowest BCUT2D eigenvalue weighted by molar-refractivity contribution is -0.153. The van der Waals surface area contributed by atoms with Crippen molar-refractivity contribution in [3.8, 4) is 5.75 Å². The number of nitrogens with zero attached hydrogens (tertiary/aromatic N) is 4. The number of fused-ring (bicyclic) bond motifs is 1. The van der Waals surface area contributed by atoms with Crippen LogP contribution in [0.1, 0.15) is 45.7 Å². The first-order valence-corrected chi connectivity index (χ1v) is 13.5. The van der Waals surface area contributed by atoms with Gasteiger partial charge in [-0.2, -0.15) is 0 Å². The normalized spacial score (nSPS) is 14.6. The lowest BCUT2D eigenvalue weighted by Gasteiger charge is -2.31. The van der Waals surface area contributed by atoms with E-state index in [2.05, 4.69) is 20.0 Å². The van der Waals surface area contributed by atoms with Crippen LogP contribution >= 0.6 is 7.52 Å². The molecule has 3 aromatic rings. The van der Waals surface area contributed by atoms with Gasteiger partial charge in [-0.05, 0) is 59.6 Å². The molecule has 196 valence electrons. The molecule has 0 amide bonds. The van der Waals surface area contributed by atoms with E-state index >= 15 is 0 Å². The summed E-state index contributed by atoms with van der Waals surface area (Å²) < 4.78 is 33.3. The van der Waals surface area contributed by atoms with Crippen LogP contribution in [0.25, 0.3) is 11.2 Å². The number of para-hydroxylation sites is 1. The van der Waals surface area contributed by atoms with Crippen LogP contribution in [-0.2, 0) is 25.4 Å². The van der Waals surface area contributed by atoms with Crippen LogP contribution in [0.4, 0.5) is 5.82 Å². The molecule has 0 spiro atoms. The van der Waals surface area contributed by atoms with E-state index < -0.39 is 25.1 Å². The molecular weight excluding hydrogens is 483 g/mol. The number of hydrogen-bond acceptors (Lipinski definition) is 9. The van der Waals surface area contributed by atoms with Crippen molar-refractivity contribution in [2.24, 2.45) is 0 Å². The second-order valence-corrected chi connectivity index (χ2v) is 11.6. The van der Waals surface area contributed by atoms with E-state index in [1.165, 1.54) is 6.33 Å². The van der Waals surface area contributed by atoms with Crippen molar-refractivity contribution in [3.63, 3.8) is 0 Å². The smallest absolute Gasteiger partial charge is 0.342 e. The number of carbonyl (C=O) groups excluding carboxylic acids is 1. The highest BCUT2D eigenvalue weighted by molar-refractivity contribution is 7.57. The van der Waals surface area contributed by atoms with Gasteiger partial charge in [0.1, 0.15) is 29.5 Å². The van der Waals surface area contributed by atoms with Crippen molar-refractivity contribution in [1.29, 1.82) is 0 Å². The van der Waals surface area contributed by atoms with Crippen molar-refractivity contribution in [1.82, 2.24) is 24.6 Å². The molecule has 12 heteroatoms. The summed E-state index contributed by atoms with van der Waals surface area (Å²) in [5.74, 6) is 0.224. The van der Waals surface area contributed by atoms with Crippen LogP contribution in [0.15, 0.2) is 30.9 Å². The van der Waals surface area contributed by atoms with E-state index in [1.807, 2.05) is 39.0 Å². The maximum Gasteiger partial charge on any atom is 0.342 e. The Morgan fingerprint density at radius 1 is 1.17 bits per heavy atom. The third-order valence-corrected chi connectivity index (χ3v) is 7.23. The highest BCUT2D eigenvalue weighted by Gasteiger charge is 2.40. The Balaban J connectivity index is 1.81. The molecule has 0 bridgehead atoms. The van der Waals surface area contributed by atoms with E-state index in [-0.39, 0.29) is 12.5 Å². The zero-order chi connectivity index (χ0) is 26.7. The molecule has 2 heterocycles. The van der Waals surface area contributed by atoms with Gasteiger partial charge in [-0.15, -0.1) is 0 Å². The number of nitrogens with one attached hydrogen (secondary N) is 1. The minimum absolute atomic E-state index is 0.288. The first-order valence-electron chi connectivity index (χ1n) is 11.7. The van der Waals surface area contributed by atoms with Crippen LogP contribution in [-0.4, -0.2) is 49.6 Å². The van der Waals surface area contributed by atoms with Gasteiger partial charge in [0.25, 0.3) is 0 Å². The van der Waals surface area contributed by atoms with E-state index in [0.717, 1.165) is 11.1 Å². The monoisotopic (exact) mass is 518 g/mol. The molecule has 0 saturated carbocycles. The van der Waals surface area contributed by atoms with Crippen molar-refractivity contribution in [2.45, 2.75) is 72.8 Å². The molecule has 0 saturated heterocycles. The van der Waals surface area contributed by atoms with E-state index in [0.29, 0.717) is 29.3 Å². The molecule has 2 unspecified atom stereocenters. The second kappa shape index (κ2) is 10.9. The van der Waals surface area contributed by atoms with Gasteiger partial charge in [0.15, 0.2) is 11.5 Å². The summed E-state index contributed by atoms with van der Waals surface area (Å²) in [6.45, 7) is 12.6. The number of nitrogen functional groups attached to an aromatic ring is 1. The molecule has 0 aliphatic rings. The van der Waals surface area contributed by atoms with Crippen molar-refractivity contribution < 1.29 is 23.4 Å². The summed E-state index contributed by atoms with van der Waals surface area (Å²) in [5.41, 5.74) is 7.28. The minimum atomic E-state index is -3.76. The van der Waals surface area contributed by atoms with Crippen LogP contribution in [0, 0.1) is 13.8 Å². The number of esters is 1. The van der Waals surface area contributed by atoms with E-state index in [1.54, 1.807) is 38.6 Å². The summed E-state index contributed by atoms with van der Waals surface area (Å²) >= 11 is 0. The highest BCUT2D eigenvalue weighted by atomic mass is 31.2. The topological polar surface area (TPSA) is 143 Å². The average molecular weight is 519 g/mol. The average Bonchev–Trinajstić information content (AvgIpc) is 3.18. The first kappa shape index (κ1) is 27.6. The number of carbonyl (C=O) groups is 1. The van der Waals surface area contributed by atoms with Gasteiger partial charge in [-0.1, -0.05) is 18.2 Å². The predicted molar refractivity (Wildman–Crippen MR) is 138 cm³/mol. The second-order valence-electron chi connectivity index (χ2n) is 9.61. The highest BCUT2D eigenvalue weighted by Crippen LogP contribution is 2.47. The van der Waals surface area contributed by atoms with Crippen LogP contribution in [0.5, 0.6) is 5.75 Å². The third-order valence-electron chi connectivity index (χ3n) is 5.36. The Bertz CT molecular complexity index is 1250. The summed E-state index contributed by atoms with van der Waals surface area (Å²) in [6, 6.07) is 5.63. The zero-order valence-electron chi connectivity index (χ0n) is 21.8. The fourth-order valence-corrected chi connectivity index (χ4v) is 5.73. The van der Waals surface area contributed by atoms with Crippen molar-refractivity contribution in [3.05, 3.63) is 42.0 Å². The summed E-state index contributed by atoms with van der Waals surface area (Å²) in [6.07, 6.45) is 1.96. The third kappa shape index (κ3) is 6.60. The Hall–Kier alpha value is -3.01. The Morgan fingerprint density at radius 3 is 2.47 bits per heavy atom. The van der Waals surface area contributed by atoms with Crippen LogP contribution in [0.2, 0.25) is 0 Å². The molecule has 3 rings (SSSR count). The van der Waals surface area contributed by atoms with Crippen LogP contribution < -0.4 is 15.3 Å². The molecule has 2 atom stereocenters. The molecule has 1 aromatic carbocycles. The van der Waals surface area contributed by atoms with Gasteiger partial charge >= 0.3 is 13.5 Å². The maximum absolute atomic E-state index is 14.1. The standard InChI is InChI=1S/C24H35N6O5P/c1-15(2)34-23(31)24(6,7)29-36(32,35-20-16(3)9-8-10-17(20)4)14-33-18(5)11-30-13-28-19-21(25)26-12-27-22(19)30/h8-10,12-13,15,18H,11,14H2,1-7H3,(H,29,32)(H2,25,26,27). The number of hydrogen-bond donors (Lipinski definition) is 2. The van der Waals surface area contributed by atoms with Gasteiger partial charge in [0.05, 0.1) is 25.1 Å². The molecule has 0 aliphatic carbocycles. The molecule has 11 nitrogen and oxygen atoms in total. The number of rotatable bonds is 11. The van der Waals surface area contributed by atoms with E-state index in [9.17, 15) is 9.36 Å². The number of ether oxygens (including phenoxy) is 2. The lowest BCUT2D eigenvalue weighted by Crippen LogP contribution is -2.48. The van der Waals surface area contributed by atoms with Crippen molar-refractivity contribution in [2.75, 3.05) is 12.1 Å². The molecule has 2 aromatic heterocycles. The van der Waals surface area contributed by atoms with Crippen LogP contribution in [0.3, 0.4) is 0 Å². The largest absolute Gasteiger partial charge is 0.462 e. The summed E-state index contributed by atoms with van der Waals surface area (Å²) in [5, 5.41) is 2.91. The molecule has 0 aliphatic heterocycles. The Kier molecular flexibility index (Phi) is 8.38. The molecule has 0 fully saturated rings. The van der Waals surface area contributed by atoms with Crippen molar-refractivity contribution >= 4 is 30.5 Å². The number of anilines is 1. The van der Waals surface area contributed by atoms with Gasteiger partial charge in [0, 0.05) is 0 Å². The number of nitrogens with two attached hydrogens (primary N) is 1. The van der Waals surface area contributed by atoms with E-state index in [4.69, 9.17) is 19.7 Å². The van der Waals surface area contributed by atoms with Gasteiger partial charge < -0.3 is 24.3 Å². The Morgan fingerprint density at radius 2 is 1.83 bits per heavy atom. The first-order chi connectivity index (χ1) is 16.8. The number of aromatic nitrogens is 4. The minimum Gasteiger partial charge on any atom is -0.462 e. The number of aryl methyl sites for hydroxylation is 2. The van der Waals surface area contributed by atoms with Gasteiger partial charge in [0.2, 0.25) is 0 Å². The quantitative estimate of drug-likeness (QED) is 0.282. The number of benzene rings is 1. The zero-order valence-corrected chi connectivity index (χ0v) is 22.7. The number of imidazole rings is 1. The SMILES string of the molecule is Cc1cccc(C)c1OP(=O)(COC(C)Cn1cnc2c(N)ncnc21)NC(C)(C)C(=O)OC(C)C. The maximum atomic E-state index is 14.1. The fourth-order valence-electron chi connectivity index (χ4n) is 3.59. The fraction of sp³-hybridized carbons (Fsp3) is 0.500. The molecule has 3 N–H and O–H groups in total. The van der Waals surface area contributed by atoms with Gasteiger partial charge in [-0.3, -0.25) is 9.36 Å². The predicted octanol–water partition coefficient (Wildman–Crippen LogP) is 3.98. The Labute approximate surface area is 211 Å². The summed E-state index contributed by atoms with van der Waals surface area (Å²) in [4.78, 5) is 25.2. The molecule has 36 heavy (non-hydrogen) atoms. The molecule has 0 radical (unpaired) electrons.